The van der Waals surface area contributed by atoms with Gasteiger partial charge < -0.3 is 5.73 Å². The first-order valence-corrected chi connectivity index (χ1v) is 7.48. The summed E-state index contributed by atoms with van der Waals surface area (Å²) in [5.74, 6) is 0.666. The summed E-state index contributed by atoms with van der Waals surface area (Å²) in [6.07, 6.45) is 1.14. The summed E-state index contributed by atoms with van der Waals surface area (Å²) < 4.78 is 0. The minimum atomic E-state index is 0.143. The third-order valence-electron chi connectivity index (χ3n) is 3.49. The van der Waals surface area contributed by atoms with E-state index < -0.39 is 0 Å². The second-order valence-electron chi connectivity index (χ2n) is 5.60. The van der Waals surface area contributed by atoms with Crippen LogP contribution in [0.1, 0.15) is 38.8 Å². The maximum Gasteiger partial charge on any atom is 0.0471 e. The van der Waals surface area contributed by atoms with Crippen molar-refractivity contribution >= 4 is 23.2 Å². The van der Waals surface area contributed by atoms with Crippen LogP contribution >= 0.6 is 23.2 Å². The summed E-state index contributed by atoms with van der Waals surface area (Å²) in [5, 5.41) is 1.32. The van der Waals surface area contributed by atoms with Crippen LogP contribution in [0.2, 0.25) is 10.0 Å². The number of benzene rings is 1. The zero-order valence-electron chi connectivity index (χ0n) is 12.2. The van der Waals surface area contributed by atoms with Gasteiger partial charge in [-0.2, -0.15) is 0 Å². The molecule has 0 saturated carbocycles. The van der Waals surface area contributed by atoms with E-state index >= 15 is 0 Å². The second kappa shape index (κ2) is 7.49. The number of hydrogen-bond acceptors (Lipinski definition) is 2. The van der Waals surface area contributed by atoms with Gasteiger partial charge in [-0.1, -0.05) is 37.0 Å². The Morgan fingerprint density at radius 3 is 2.05 bits per heavy atom. The highest BCUT2D eigenvalue weighted by atomic mass is 35.5. The molecule has 0 saturated heterocycles. The van der Waals surface area contributed by atoms with Crippen molar-refractivity contribution in [1.29, 1.82) is 0 Å². The third-order valence-corrected chi connectivity index (χ3v) is 3.93. The first-order chi connectivity index (χ1) is 8.85. The number of nitrogens with two attached hydrogens (primary N) is 1. The van der Waals surface area contributed by atoms with Crippen LogP contribution in [0, 0.1) is 5.92 Å². The Hall–Kier alpha value is -0.280. The van der Waals surface area contributed by atoms with Gasteiger partial charge in [0.2, 0.25) is 0 Å². The Bertz CT molecular complexity index is 387. The summed E-state index contributed by atoms with van der Waals surface area (Å²) in [6, 6.07) is 6.25. The standard InChI is InChI=1S/C15H24Cl2N2/c1-10(2)5-11(3)19(4)15(9-18)12-6-13(16)8-14(17)7-12/h6-8,10-11,15H,5,9,18H2,1-4H3. The van der Waals surface area contributed by atoms with Gasteiger partial charge in [0.25, 0.3) is 0 Å². The van der Waals surface area contributed by atoms with Gasteiger partial charge in [-0.3, -0.25) is 4.90 Å². The quantitative estimate of drug-likeness (QED) is 0.846. The van der Waals surface area contributed by atoms with Crippen molar-refractivity contribution in [1.82, 2.24) is 4.90 Å². The highest BCUT2D eigenvalue weighted by Gasteiger charge is 2.21. The van der Waals surface area contributed by atoms with Gasteiger partial charge in [-0.05, 0) is 50.1 Å². The van der Waals surface area contributed by atoms with Crippen molar-refractivity contribution in [2.24, 2.45) is 11.7 Å². The van der Waals surface area contributed by atoms with Gasteiger partial charge >= 0.3 is 0 Å². The van der Waals surface area contributed by atoms with E-state index in [9.17, 15) is 0 Å². The highest BCUT2D eigenvalue weighted by molar-refractivity contribution is 6.34. The van der Waals surface area contributed by atoms with Crippen molar-refractivity contribution in [3.05, 3.63) is 33.8 Å². The molecule has 19 heavy (non-hydrogen) atoms. The molecule has 0 fully saturated rings. The molecular weight excluding hydrogens is 279 g/mol. The van der Waals surface area contributed by atoms with Gasteiger partial charge in [-0.15, -0.1) is 0 Å². The Kier molecular flexibility index (Phi) is 6.61. The molecule has 0 aliphatic rings. The number of halogens is 2. The fourth-order valence-electron chi connectivity index (χ4n) is 2.46. The van der Waals surface area contributed by atoms with Crippen LogP contribution in [0.4, 0.5) is 0 Å². The van der Waals surface area contributed by atoms with Crippen LogP contribution in [0.25, 0.3) is 0 Å². The first kappa shape index (κ1) is 16.8. The SMILES string of the molecule is CC(C)CC(C)N(C)C(CN)c1cc(Cl)cc(Cl)c1. The van der Waals surface area contributed by atoms with E-state index in [0.29, 0.717) is 28.5 Å². The minimum Gasteiger partial charge on any atom is -0.329 e. The van der Waals surface area contributed by atoms with Gasteiger partial charge in [-0.25, -0.2) is 0 Å². The number of likely N-dealkylation sites (N-methyl/N-ethyl adjacent to an activating group) is 1. The molecule has 1 aromatic rings. The zero-order chi connectivity index (χ0) is 14.6. The molecular formula is C15H24Cl2N2. The Labute approximate surface area is 126 Å². The fraction of sp³-hybridized carbons (Fsp3) is 0.600. The minimum absolute atomic E-state index is 0.143. The van der Waals surface area contributed by atoms with E-state index in [4.69, 9.17) is 28.9 Å². The van der Waals surface area contributed by atoms with Crippen molar-refractivity contribution in [3.8, 4) is 0 Å². The summed E-state index contributed by atoms with van der Waals surface area (Å²) in [4.78, 5) is 2.31. The molecule has 2 N–H and O–H groups in total. The molecule has 0 aliphatic heterocycles. The highest BCUT2D eigenvalue weighted by Crippen LogP contribution is 2.28. The van der Waals surface area contributed by atoms with Gasteiger partial charge in [0.05, 0.1) is 0 Å². The van der Waals surface area contributed by atoms with Crippen LogP contribution in [-0.2, 0) is 0 Å². The average molecular weight is 303 g/mol. The molecule has 0 spiro atoms. The van der Waals surface area contributed by atoms with Gasteiger partial charge in [0.1, 0.15) is 0 Å². The van der Waals surface area contributed by atoms with Gasteiger partial charge in [0, 0.05) is 28.7 Å². The van der Waals surface area contributed by atoms with Crippen LogP contribution in [0.15, 0.2) is 18.2 Å². The summed E-state index contributed by atoms with van der Waals surface area (Å²) >= 11 is 12.2. The molecule has 0 amide bonds. The zero-order valence-corrected chi connectivity index (χ0v) is 13.7. The van der Waals surface area contributed by atoms with Crippen molar-refractivity contribution in [3.63, 3.8) is 0 Å². The Morgan fingerprint density at radius 1 is 1.11 bits per heavy atom. The van der Waals surface area contributed by atoms with Crippen molar-refractivity contribution in [2.45, 2.75) is 39.3 Å². The maximum absolute atomic E-state index is 6.08. The van der Waals surface area contributed by atoms with E-state index in [1.165, 1.54) is 0 Å². The van der Waals surface area contributed by atoms with Crippen LogP contribution in [0.5, 0.6) is 0 Å². The van der Waals surface area contributed by atoms with E-state index in [1.54, 1.807) is 6.07 Å². The summed E-state index contributed by atoms with van der Waals surface area (Å²) in [5.41, 5.74) is 7.03. The molecule has 0 heterocycles. The monoisotopic (exact) mass is 302 g/mol. The second-order valence-corrected chi connectivity index (χ2v) is 6.47. The van der Waals surface area contributed by atoms with Gasteiger partial charge in [0.15, 0.2) is 0 Å². The summed E-state index contributed by atoms with van der Waals surface area (Å²) in [7, 11) is 2.11. The number of rotatable bonds is 6. The molecule has 4 heteroatoms. The van der Waals surface area contributed by atoms with Crippen LogP contribution in [0.3, 0.4) is 0 Å². The topological polar surface area (TPSA) is 29.3 Å². The lowest BCUT2D eigenvalue weighted by atomic mass is 9.99. The molecule has 0 aromatic heterocycles. The van der Waals surface area contributed by atoms with Crippen molar-refractivity contribution in [2.75, 3.05) is 13.6 Å². The molecule has 108 valence electrons. The Balaban J connectivity index is 2.92. The lowest BCUT2D eigenvalue weighted by Gasteiger charge is -2.34. The molecule has 1 rings (SSSR count). The molecule has 1 aromatic carbocycles. The van der Waals surface area contributed by atoms with Crippen LogP contribution in [-0.4, -0.2) is 24.5 Å². The molecule has 0 bridgehead atoms. The molecule has 0 radical (unpaired) electrons. The van der Waals surface area contributed by atoms with E-state index in [2.05, 4.69) is 32.7 Å². The molecule has 2 nitrogen and oxygen atoms in total. The molecule has 0 aliphatic carbocycles. The van der Waals surface area contributed by atoms with E-state index in [0.717, 1.165) is 12.0 Å². The first-order valence-electron chi connectivity index (χ1n) is 6.73. The molecule has 2 atom stereocenters. The lowest BCUT2D eigenvalue weighted by Crippen LogP contribution is -2.37. The number of nitrogens with zero attached hydrogens (tertiary/aromatic N) is 1. The third kappa shape index (κ3) is 4.96. The average Bonchev–Trinajstić information content (AvgIpc) is 2.27. The number of hydrogen-bond donors (Lipinski definition) is 1. The largest absolute Gasteiger partial charge is 0.329 e. The predicted octanol–water partition coefficient (Wildman–Crippen LogP) is 4.36. The predicted molar refractivity (Wildman–Crippen MR) is 84.9 cm³/mol. The van der Waals surface area contributed by atoms with Crippen LogP contribution < -0.4 is 5.73 Å². The smallest absolute Gasteiger partial charge is 0.0471 e. The lowest BCUT2D eigenvalue weighted by molar-refractivity contribution is 0.169. The normalized spacial score (nSPS) is 15.0. The summed E-state index contributed by atoms with van der Waals surface area (Å²) in [6.45, 7) is 7.25. The maximum atomic E-state index is 6.08. The van der Waals surface area contributed by atoms with E-state index in [-0.39, 0.29) is 6.04 Å². The fourth-order valence-corrected chi connectivity index (χ4v) is 3.00. The van der Waals surface area contributed by atoms with Crippen molar-refractivity contribution < 1.29 is 0 Å². The van der Waals surface area contributed by atoms with E-state index in [1.807, 2.05) is 12.1 Å². The molecule has 2 unspecified atom stereocenters. The Morgan fingerprint density at radius 2 is 1.63 bits per heavy atom.